The molecule has 0 saturated carbocycles. The predicted octanol–water partition coefficient (Wildman–Crippen LogP) is 4.39. The van der Waals surface area contributed by atoms with Crippen LogP contribution in [-0.4, -0.2) is 44.7 Å². The zero-order valence-electron chi connectivity index (χ0n) is 20.9. The molecule has 3 aromatic carbocycles. The van der Waals surface area contributed by atoms with Crippen LogP contribution in [0.25, 0.3) is 11.5 Å². The van der Waals surface area contributed by atoms with Crippen molar-refractivity contribution in [3.8, 4) is 11.5 Å². The Balaban J connectivity index is 1.50. The van der Waals surface area contributed by atoms with Crippen LogP contribution in [0.15, 0.2) is 93.1 Å². The predicted molar refractivity (Wildman–Crippen MR) is 143 cm³/mol. The highest BCUT2D eigenvalue weighted by atomic mass is 32.2. The molecule has 0 fully saturated rings. The quantitative estimate of drug-likeness (QED) is 0.321. The third-order valence-electron chi connectivity index (χ3n) is 5.71. The number of hydrogen-bond donors (Lipinski definition) is 1. The van der Waals surface area contributed by atoms with Crippen LogP contribution in [0.3, 0.4) is 0 Å². The lowest BCUT2D eigenvalue weighted by Gasteiger charge is -2.22. The van der Waals surface area contributed by atoms with E-state index in [-0.39, 0.29) is 33.8 Å². The molecule has 0 bridgehead atoms. The Labute approximate surface area is 221 Å². The van der Waals surface area contributed by atoms with Crippen molar-refractivity contribution in [2.75, 3.05) is 16.2 Å². The number of para-hydroxylation sites is 1. The highest BCUT2D eigenvalue weighted by Crippen LogP contribution is 2.26. The van der Waals surface area contributed by atoms with E-state index in [9.17, 15) is 21.6 Å². The first-order chi connectivity index (χ1) is 18.0. The molecule has 1 amide bonds. The summed E-state index contributed by atoms with van der Waals surface area (Å²) < 4.78 is 58.0. The molecule has 0 spiro atoms. The van der Waals surface area contributed by atoms with E-state index in [1.54, 1.807) is 63.2 Å². The standard InChI is InChI=1S/C26H26N4O6S2/c1-4-30(21-10-6-5-7-11-21)38(34,35)22-15-13-19(14-16-22)24(31)27-26-29-28-25(36-26)20-9-8-12-23(17-20)37(32,33)18(2)3/h5-18H,4H2,1-3H3,(H,27,29,31). The van der Waals surface area contributed by atoms with Crippen LogP contribution in [0, 0.1) is 0 Å². The van der Waals surface area contributed by atoms with Crippen LogP contribution in [0.4, 0.5) is 11.7 Å². The van der Waals surface area contributed by atoms with E-state index < -0.39 is 31.0 Å². The van der Waals surface area contributed by atoms with E-state index in [1.165, 1.54) is 40.7 Å². The lowest BCUT2D eigenvalue weighted by molar-refractivity contribution is 0.102. The SMILES string of the molecule is CCN(c1ccccc1)S(=O)(=O)c1ccc(C(=O)Nc2nnc(-c3cccc(S(=O)(=O)C(C)C)c3)o2)cc1. The zero-order valence-corrected chi connectivity index (χ0v) is 22.5. The first kappa shape index (κ1) is 27.0. The average Bonchev–Trinajstić information content (AvgIpc) is 3.38. The minimum Gasteiger partial charge on any atom is -0.403 e. The van der Waals surface area contributed by atoms with Crippen molar-refractivity contribution < 1.29 is 26.0 Å². The van der Waals surface area contributed by atoms with Crippen molar-refractivity contribution in [1.29, 1.82) is 0 Å². The molecule has 1 N–H and O–H groups in total. The highest BCUT2D eigenvalue weighted by Gasteiger charge is 2.24. The number of carbonyl (C=O) groups is 1. The fraction of sp³-hybridized carbons (Fsp3) is 0.192. The molecule has 0 radical (unpaired) electrons. The first-order valence-corrected chi connectivity index (χ1v) is 14.7. The summed E-state index contributed by atoms with van der Waals surface area (Å²) in [6.07, 6.45) is 0. The molecule has 1 aromatic heterocycles. The molecule has 12 heteroatoms. The molecular weight excluding hydrogens is 528 g/mol. The van der Waals surface area contributed by atoms with E-state index in [1.807, 2.05) is 0 Å². The molecular formula is C26H26N4O6S2. The maximum atomic E-state index is 13.2. The summed E-state index contributed by atoms with van der Waals surface area (Å²) in [6, 6.07) is 20.1. The van der Waals surface area contributed by atoms with Gasteiger partial charge in [0.1, 0.15) is 0 Å². The minimum absolute atomic E-state index is 0.0307. The van der Waals surface area contributed by atoms with Gasteiger partial charge in [-0.25, -0.2) is 16.8 Å². The number of benzene rings is 3. The van der Waals surface area contributed by atoms with E-state index in [2.05, 4.69) is 15.5 Å². The topological polar surface area (TPSA) is 140 Å². The molecule has 0 atom stereocenters. The fourth-order valence-corrected chi connectivity index (χ4v) is 6.21. The second-order valence-corrected chi connectivity index (χ2v) is 12.9. The number of sulfone groups is 1. The molecule has 4 aromatic rings. The van der Waals surface area contributed by atoms with Gasteiger partial charge in [0.25, 0.3) is 15.9 Å². The van der Waals surface area contributed by atoms with E-state index in [4.69, 9.17) is 4.42 Å². The Morgan fingerprint density at radius 1 is 0.895 bits per heavy atom. The van der Waals surface area contributed by atoms with Crippen LogP contribution in [0.2, 0.25) is 0 Å². The number of anilines is 2. The third-order valence-corrected chi connectivity index (χ3v) is 9.78. The van der Waals surface area contributed by atoms with E-state index in [0.717, 1.165) is 0 Å². The Bertz CT molecular complexity index is 1650. The Morgan fingerprint density at radius 2 is 1.58 bits per heavy atom. The summed E-state index contributed by atoms with van der Waals surface area (Å²) >= 11 is 0. The van der Waals surface area contributed by atoms with E-state index >= 15 is 0 Å². The number of amides is 1. The van der Waals surface area contributed by atoms with Crippen molar-refractivity contribution in [2.24, 2.45) is 0 Å². The van der Waals surface area contributed by atoms with Crippen LogP contribution < -0.4 is 9.62 Å². The summed E-state index contributed by atoms with van der Waals surface area (Å²) in [5, 5.41) is 9.58. The van der Waals surface area contributed by atoms with Gasteiger partial charge in [0.15, 0.2) is 9.84 Å². The Kier molecular flexibility index (Phi) is 7.65. The van der Waals surface area contributed by atoms with Crippen molar-refractivity contribution in [2.45, 2.75) is 35.8 Å². The summed E-state index contributed by atoms with van der Waals surface area (Å²) in [5.74, 6) is -0.557. The van der Waals surface area contributed by atoms with Gasteiger partial charge in [-0.1, -0.05) is 29.4 Å². The smallest absolute Gasteiger partial charge is 0.322 e. The van der Waals surface area contributed by atoms with Crippen molar-refractivity contribution >= 4 is 37.5 Å². The van der Waals surface area contributed by atoms with Gasteiger partial charge in [-0.15, -0.1) is 5.10 Å². The van der Waals surface area contributed by atoms with Gasteiger partial charge < -0.3 is 4.42 Å². The van der Waals surface area contributed by atoms with Gasteiger partial charge in [0.2, 0.25) is 5.89 Å². The normalized spacial score (nSPS) is 11.9. The second kappa shape index (κ2) is 10.8. The summed E-state index contributed by atoms with van der Waals surface area (Å²) in [5.41, 5.74) is 1.10. The van der Waals surface area contributed by atoms with Crippen LogP contribution in [0.5, 0.6) is 0 Å². The Hall–Kier alpha value is -4.03. The second-order valence-electron chi connectivity index (χ2n) is 8.52. The number of rotatable bonds is 9. The lowest BCUT2D eigenvalue weighted by Crippen LogP contribution is -2.30. The number of hydrogen-bond acceptors (Lipinski definition) is 8. The summed E-state index contributed by atoms with van der Waals surface area (Å²) in [7, 11) is -7.33. The number of nitrogens with one attached hydrogen (secondary N) is 1. The summed E-state index contributed by atoms with van der Waals surface area (Å²) in [4.78, 5) is 12.9. The maximum absolute atomic E-state index is 13.2. The van der Waals surface area contributed by atoms with Crippen LogP contribution in [0.1, 0.15) is 31.1 Å². The number of aromatic nitrogens is 2. The van der Waals surface area contributed by atoms with Gasteiger partial charge in [-0.3, -0.25) is 14.4 Å². The molecule has 38 heavy (non-hydrogen) atoms. The molecule has 10 nitrogen and oxygen atoms in total. The lowest BCUT2D eigenvalue weighted by atomic mass is 10.2. The van der Waals surface area contributed by atoms with Gasteiger partial charge in [0.05, 0.1) is 20.7 Å². The molecule has 0 unspecified atom stereocenters. The molecule has 0 saturated heterocycles. The molecule has 0 aliphatic heterocycles. The fourth-order valence-electron chi connectivity index (χ4n) is 3.63. The van der Waals surface area contributed by atoms with E-state index in [0.29, 0.717) is 11.3 Å². The number of sulfonamides is 1. The molecule has 4 rings (SSSR count). The number of nitrogens with zero attached hydrogens (tertiary/aromatic N) is 3. The van der Waals surface area contributed by atoms with Crippen molar-refractivity contribution in [1.82, 2.24) is 10.2 Å². The van der Waals surface area contributed by atoms with Gasteiger partial charge in [-0.2, -0.15) is 0 Å². The summed E-state index contributed by atoms with van der Waals surface area (Å²) in [6.45, 7) is 5.16. The molecule has 198 valence electrons. The van der Waals surface area contributed by atoms with Gasteiger partial charge >= 0.3 is 6.01 Å². The van der Waals surface area contributed by atoms with Crippen molar-refractivity contribution in [3.63, 3.8) is 0 Å². The molecule has 1 heterocycles. The molecule has 0 aliphatic carbocycles. The molecule has 0 aliphatic rings. The first-order valence-electron chi connectivity index (χ1n) is 11.7. The average molecular weight is 555 g/mol. The highest BCUT2D eigenvalue weighted by molar-refractivity contribution is 7.93. The van der Waals surface area contributed by atoms with Gasteiger partial charge in [0, 0.05) is 17.7 Å². The van der Waals surface area contributed by atoms with Crippen molar-refractivity contribution in [3.05, 3.63) is 84.4 Å². The largest absolute Gasteiger partial charge is 0.403 e. The van der Waals surface area contributed by atoms with Crippen LogP contribution >= 0.6 is 0 Å². The third kappa shape index (κ3) is 5.46. The zero-order chi connectivity index (χ0) is 27.5. The number of carbonyl (C=O) groups excluding carboxylic acids is 1. The Morgan fingerprint density at radius 3 is 2.21 bits per heavy atom. The minimum atomic E-state index is -3.83. The van der Waals surface area contributed by atoms with Gasteiger partial charge in [-0.05, 0) is 75.4 Å². The van der Waals surface area contributed by atoms with Crippen LogP contribution in [-0.2, 0) is 19.9 Å². The monoisotopic (exact) mass is 554 g/mol. The maximum Gasteiger partial charge on any atom is 0.322 e.